The minimum absolute atomic E-state index is 0.189. The molecule has 3 heteroatoms. The fraction of sp³-hybridized carbons (Fsp3) is 0.364. The quantitative estimate of drug-likeness (QED) is 0.326. The number of esters is 1. The number of Topliss-reactive ketones (excluding diaryl/α,β-unsaturated/α-hetero) is 1. The summed E-state index contributed by atoms with van der Waals surface area (Å²) in [6.07, 6.45) is 4.79. The molecule has 0 N–H and O–H groups in total. The Morgan fingerprint density at radius 1 is 0.840 bits per heavy atom. The molecule has 0 aliphatic rings. The first-order valence-corrected chi connectivity index (χ1v) is 9.06. The standard InChI is InChI=1S/C22H26O3/c1-2-3-4-5-12-17-20(23)25-22(19-15-10-7-11-16-19)21(24)18-13-8-6-9-14-18/h6-11,13-16,22H,2-5,12,17H2,1H3/t22-/m1/s1. The van der Waals surface area contributed by atoms with E-state index in [1.54, 1.807) is 12.1 Å². The molecule has 132 valence electrons. The molecule has 0 saturated carbocycles. The highest BCUT2D eigenvalue weighted by atomic mass is 16.5. The minimum Gasteiger partial charge on any atom is -0.449 e. The predicted octanol–water partition coefficient (Wildman–Crippen LogP) is 5.51. The van der Waals surface area contributed by atoms with Crippen LogP contribution in [0.15, 0.2) is 60.7 Å². The molecule has 1 atom stereocenters. The Kier molecular flexibility index (Phi) is 7.90. The second-order valence-corrected chi connectivity index (χ2v) is 6.18. The van der Waals surface area contributed by atoms with Crippen LogP contribution in [0.1, 0.15) is 67.5 Å². The summed E-state index contributed by atoms with van der Waals surface area (Å²) in [5, 5.41) is 0. The summed E-state index contributed by atoms with van der Waals surface area (Å²) < 4.78 is 5.57. The molecule has 3 nitrogen and oxygen atoms in total. The Balaban J connectivity index is 2.03. The molecule has 2 rings (SSSR count). The van der Waals surface area contributed by atoms with Gasteiger partial charge in [-0.2, -0.15) is 0 Å². The van der Waals surface area contributed by atoms with E-state index in [-0.39, 0.29) is 11.8 Å². The van der Waals surface area contributed by atoms with Crippen LogP contribution in [0, 0.1) is 0 Å². The Morgan fingerprint density at radius 2 is 1.44 bits per heavy atom. The summed E-state index contributed by atoms with van der Waals surface area (Å²) >= 11 is 0. The van der Waals surface area contributed by atoms with E-state index in [1.165, 1.54) is 12.8 Å². The van der Waals surface area contributed by atoms with E-state index in [1.807, 2.05) is 48.5 Å². The van der Waals surface area contributed by atoms with Gasteiger partial charge in [0.25, 0.3) is 0 Å². The van der Waals surface area contributed by atoms with E-state index >= 15 is 0 Å². The Hall–Kier alpha value is -2.42. The van der Waals surface area contributed by atoms with Gasteiger partial charge in [0.05, 0.1) is 0 Å². The zero-order chi connectivity index (χ0) is 17.9. The Morgan fingerprint density at radius 3 is 2.08 bits per heavy atom. The topological polar surface area (TPSA) is 43.4 Å². The van der Waals surface area contributed by atoms with Gasteiger partial charge in [-0.25, -0.2) is 0 Å². The molecule has 0 spiro atoms. The van der Waals surface area contributed by atoms with Crippen LogP contribution < -0.4 is 0 Å². The van der Waals surface area contributed by atoms with Gasteiger partial charge < -0.3 is 4.74 Å². The molecule has 0 aliphatic heterocycles. The molecule has 0 radical (unpaired) electrons. The average Bonchev–Trinajstić information content (AvgIpc) is 2.67. The molecule has 0 saturated heterocycles. The van der Waals surface area contributed by atoms with Crippen LogP contribution >= 0.6 is 0 Å². The van der Waals surface area contributed by atoms with Gasteiger partial charge in [0.1, 0.15) is 0 Å². The second kappa shape index (κ2) is 10.4. The monoisotopic (exact) mass is 338 g/mol. The molecule has 0 unspecified atom stereocenters. The van der Waals surface area contributed by atoms with E-state index < -0.39 is 6.10 Å². The van der Waals surface area contributed by atoms with Crippen LogP contribution in [-0.4, -0.2) is 11.8 Å². The smallest absolute Gasteiger partial charge is 0.306 e. The van der Waals surface area contributed by atoms with Gasteiger partial charge in [0, 0.05) is 17.5 Å². The largest absolute Gasteiger partial charge is 0.449 e. The lowest BCUT2D eigenvalue weighted by molar-refractivity contribution is -0.147. The molecule has 0 heterocycles. The van der Waals surface area contributed by atoms with Crippen molar-refractivity contribution in [1.29, 1.82) is 0 Å². The summed E-state index contributed by atoms with van der Waals surface area (Å²) in [5.74, 6) is -0.499. The predicted molar refractivity (Wildman–Crippen MR) is 99.4 cm³/mol. The van der Waals surface area contributed by atoms with E-state index in [2.05, 4.69) is 6.92 Å². The third-order valence-electron chi connectivity index (χ3n) is 4.13. The molecule has 0 aromatic heterocycles. The second-order valence-electron chi connectivity index (χ2n) is 6.18. The third-order valence-corrected chi connectivity index (χ3v) is 4.13. The van der Waals surface area contributed by atoms with E-state index in [0.29, 0.717) is 17.5 Å². The lowest BCUT2D eigenvalue weighted by atomic mass is 10.00. The number of ether oxygens (including phenoxy) is 1. The van der Waals surface area contributed by atoms with Gasteiger partial charge in [0.2, 0.25) is 5.78 Å². The lowest BCUT2D eigenvalue weighted by Gasteiger charge is -2.17. The summed E-state index contributed by atoms with van der Waals surface area (Å²) in [5.41, 5.74) is 1.25. The van der Waals surface area contributed by atoms with E-state index in [9.17, 15) is 9.59 Å². The molecule has 2 aromatic rings. The normalized spacial score (nSPS) is 11.7. The van der Waals surface area contributed by atoms with Crippen molar-refractivity contribution in [2.24, 2.45) is 0 Å². The van der Waals surface area contributed by atoms with Crippen molar-refractivity contribution in [3.8, 4) is 0 Å². The Labute approximate surface area is 150 Å². The van der Waals surface area contributed by atoms with Crippen molar-refractivity contribution in [2.75, 3.05) is 0 Å². The summed E-state index contributed by atoms with van der Waals surface area (Å²) in [6.45, 7) is 2.16. The zero-order valence-corrected chi connectivity index (χ0v) is 14.8. The highest BCUT2D eigenvalue weighted by molar-refractivity contribution is 6.00. The third kappa shape index (κ3) is 6.18. The SMILES string of the molecule is CCCCCCCC(=O)O[C@@H](C(=O)c1ccccc1)c1ccccc1. The van der Waals surface area contributed by atoms with Crippen molar-refractivity contribution >= 4 is 11.8 Å². The first-order valence-electron chi connectivity index (χ1n) is 9.06. The highest BCUT2D eigenvalue weighted by Gasteiger charge is 2.25. The van der Waals surface area contributed by atoms with Gasteiger partial charge >= 0.3 is 5.97 Å². The fourth-order valence-corrected chi connectivity index (χ4v) is 2.72. The van der Waals surface area contributed by atoms with Crippen molar-refractivity contribution < 1.29 is 14.3 Å². The van der Waals surface area contributed by atoms with E-state index in [4.69, 9.17) is 4.74 Å². The molecule has 0 bridgehead atoms. The van der Waals surface area contributed by atoms with Crippen LogP contribution in [0.2, 0.25) is 0 Å². The number of hydrogen-bond acceptors (Lipinski definition) is 3. The maximum Gasteiger partial charge on any atom is 0.306 e. The van der Waals surface area contributed by atoms with Gasteiger partial charge in [-0.1, -0.05) is 93.3 Å². The highest BCUT2D eigenvalue weighted by Crippen LogP contribution is 2.23. The number of benzene rings is 2. The molecule has 0 aliphatic carbocycles. The number of rotatable bonds is 10. The Bertz CT molecular complexity index is 649. The average molecular weight is 338 g/mol. The summed E-state index contributed by atoms with van der Waals surface area (Å²) in [6, 6.07) is 18.2. The number of ketones is 1. The van der Waals surface area contributed by atoms with Crippen molar-refractivity contribution in [3.63, 3.8) is 0 Å². The van der Waals surface area contributed by atoms with Crippen molar-refractivity contribution in [3.05, 3.63) is 71.8 Å². The summed E-state index contributed by atoms with van der Waals surface area (Å²) in [7, 11) is 0. The molecular formula is C22H26O3. The van der Waals surface area contributed by atoms with E-state index in [0.717, 1.165) is 19.3 Å². The fourth-order valence-electron chi connectivity index (χ4n) is 2.72. The van der Waals surface area contributed by atoms with Crippen molar-refractivity contribution in [1.82, 2.24) is 0 Å². The molecule has 25 heavy (non-hydrogen) atoms. The first kappa shape index (κ1) is 18.9. The van der Waals surface area contributed by atoms with Crippen LogP contribution in [0.25, 0.3) is 0 Å². The maximum atomic E-state index is 12.8. The molecule has 2 aromatic carbocycles. The van der Waals surface area contributed by atoms with Gasteiger partial charge in [0.15, 0.2) is 6.10 Å². The maximum absolute atomic E-state index is 12.8. The number of carbonyl (C=O) groups is 2. The zero-order valence-electron chi connectivity index (χ0n) is 14.8. The van der Waals surface area contributed by atoms with Gasteiger partial charge in [-0.15, -0.1) is 0 Å². The lowest BCUT2D eigenvalue weighted by Crippen LogP contribution is -2.20. The minimum atomic E-state index is -0.883. The van der Waals surface area contributed by atoms with Crippen molar-refractivity contribution in [2.45, 2.75) is 51.6 Å². The molecule has 0 amide bonds. The number of hydrogen-bond donors (Lipinski definition) is 0. The summed E-state index contributed by atoms with van der Waals surface area (Å²) in [4.78, 5) is 25.0. The van der Waals surface area contributed by atoms with Crippen LogP contribution in [0.4, 0.5) is 0 Å². The number of unbranched alkanes of at least 4 members (excludes halogenated alkanes) is 4. The number of carbonyl (C=O) groups excluding carboxylic acids is 2. The van der Waals surface area contributed by atoms with Crippen LogP contribution in [0.5, 0.6) is 0 Å². The van der Waals surface area contributed by atoms with Gasteiger partial charge in [-0.05, 0) is 6.42 Å². The van der Waals surface area contributed by atoms with Gasteiger partial charge in [-0.3, -0.25) is 9.59 Å². The van der Waals surface area contributed by atoms with Crippen LogP contribution in [-0.2, 0) is 9.53 Å². The van der Waals surface area contributed by atoms with Crippen LogP contribution in [0.3, 0.4) is 0 Å². The molecule has 0 fully saturated rings. The first-order chi connectivity index (χ1) is 12.2. The molecular weight excluding hydrogens is 312 g/mol.